The first-order valence-corrected chi connectivity index (χ1v) is 7.50. The first kappa shape index (κ1) is 13.9. The summed E-state index contributed by atoms with van der Waals surface area (Å²) in [4.78, 5) is 2.43. The summed E-state index contributed by atoms with van der Waals surface area (Å²) in [7, 11) is 0. The van der Waals surface area contributed by atoms with Crippen LogP contribution < -0.4 is 4.74 Å². The lowest BCUT2D eigenvalue weighted by Crippen LogP contribution is -2.31. The summed E-state index contributed by atoms with van der Waals surface area (Å²) in [6, 6.07) is 18.8. The summed E-state index contributed by atoms with van der Waals surface area (Å²) < 4.78 is 5.99. The van der Waals surface area contributed by atoms with E-state index >= 15 is 0 Å². The van der Waals surface area contributed by atoms with Crippen molar-refractivity contribution in [1.82, 2.24) is 4.90 Å². The van der Waals surface area contributed by atoms with E-state index < -0.39 is 0 Å². The van der Waals surface area contributed by atoms with E-state index in [1.807, 2.05) is 12.1 Å². The van der Waals surface area contributed by atoms with Crippen molar-refractivity contribution >= 4 is 6.08 Å². The molecule has 3 rings (SSSR count). The van der Waals surface area contributed by atoms with Gasteiger partial charge in [-0.05, 0) is 18.6 Å². The second kappa shape index (κ2) is 6.59. The molecule has 2 heteroatoms. The molecule has 2 aromatic rings. The molecule has 0 aromatic heterocycles. The maximum absolute atomic E-state index is 5.99. The van der Waals surface area contributed by atoms with Gasteiger partial charge in [0.05, 0.1) is 0 Å². The summed E-state index contributed by atoms with van der Waals surface area (Å²) in [6.45, 7) is 4.97. The van der Waals surface area contributed by atoms with Crippen LogP contribution in [0.3, 0.4) is 0 Å². The van der Waals surface area contributed by atoms with Crippen molar-refractivity contribution in [3.05, 3.63) is 71.8 Å². The highest BCUT2D eigenvalue weighted by Gasteiger charge is 2.18. The zero-order chi connectivity index (χ0) is 14.5. The van der Waals surface area contributed by atoms with Gasteiger partial charge in [0.25, 0.3) is 0 Å². The van der Waals surface area contributed by atoms with Crippen LogP contribution in [0, 0.1) is 0 Å². The van der Waals surface area contributed by atoms with Crippen LogP contribution >= 0.6 is 0 Å². The Morgan fingerprint density at radius 2 is 1.86 bits per heavy atom. The average molecular weight is 279 g/mol. The van der Waals surface area contributed by atoms with E-state index in [2.05, 4.69) is 66.4 Å². The Bertz CT molecular complexity index is 606. The Morgan fingerprint density at radius 3 is 2.71 bits per heavy atom. The molecule has 0 saturated carbocycles. The lowest BCUT2D eigenvalue weighted by atomic mass is 10.2. The van der Waals surface area contributed by atoms with Crippen LogP contribution in [-0.4, -0.2) is 24.1 Å². The van der Waals surface area contributed by atoms with Crippen LogP contribution in [0.5, 0.6) is 5.75 Å². The molecule has 2 aromatic carbocycles. The number of fused-ring (bicyclic) bond motifs is 1. The van der Waals surface area contributed by atoms with E-state index in [1.165, 1.54) is 11.1 Å². The minimum Gasteiger partial charge on any atom is -0.489 e. The molecule has 0 radical (unpaired) electrons. The zero-order valence-corrected chi connectivity index (χ0v) is 12.4. The number of para-hydroxylation sites is 1. The molecule has 1 unspecified atom stereocenters. The first-order valence-electron chi connectivity index (χ1n) is 7.50. The largest absolute Gasteiger partial charge is 0.489 e. The van der Waals surface area contributed by atoms with Crippen molar-refractivity contribution in [3.8, 4) is 5.75 Å². The maximum atomic E-state index is 5.99. The van der Waals surface area contributed by atoms with Crippen LogP contribution in [0.15, 0.2) is 60.7 Å². The zero-order valence-electron chi connectivity index (χ0n) is 12.4. The molecule has 1 aliphatic heterocycles. The minimum atomic E-state index is 0.221. The SMILES string of the molecule is CC1CN(CC=Cc2ccccc2)Cc2ccccc2O1. The molecule has 1 aliphatic rings. The fraction of sp³-hybridized carbons (Fsp3) is 0.263. The molecule has 0 aliphatic carbocycles. The molecule has 1 atom stereocenters. The summed E-state index contributed by atoms with van der Waals surface area (Å²) in [5.41, 5.74) is 2.52. The topological polar surface area (TPSA) is 12.5 Å². The lowest BCUT2D eigenvalue weighted by Gasteiger charge is -2.19. The van der Waals surface area contributed by atoms with Gasteiger partial charge in [-0.3, -0.25) is 4.90 Å². The van der Waals surface area contributed by atoms with Gasteiger partial charge in [0.2, 0.25) is 0 Å². The van der Waals surface area contributed by atoms with Gasteiger partial charge in [-0.15, -0.1) is 0 Å². The highest BCUT2D eigenvalue weighted by Crippen LogP contribution is 2.24. The second-order valence-corrected chi connectivity index (χ2v) is 5.54. The number of hydrogen-bond acceptors (Lipinski definition) is 2. The summed E-state index contributed by atoms with van der Waals surface area (Å²) in [5, 5.41) is 0. The predicted molar refractivity (Wildman–Crippen MR) is 87.3 cm³/mol. The molecule has 0 fully saturated rings. The lowest BCUT2D eigenvalue weighted by molar-refractivity contribution is 0.170. The van der Waals surface area contributed by atoms with Crippen molar-refractivity contribution < 1.29 is 4.74 Å². The highest BCUT2D eigenvalue weighted by molar-refractivity contribution is 5.48. The standard InChI is InChI=1S/C19H21NO/c1-16-14-20(13-7-10-17-8-3-2-4-9-17)15-18-11-5-6-12-19(18)21-16/h2-12,16H,13-15H2,1H3. The Labute approximate surface area is 126 Å². The molecule has 108 valence electrons. The van der Waals surface area contributed by atoms with Gasteiger partial charge >= 0.3 is 0 Å². The maximum Gasteiger partial charge on any atom is 0.124 e. The van der Waals surface area contributed by atoms with E-state index in [4.69, 9.17) is 4.74 Å². The van der Waals surface area contributed by atoms with Crippen molar-refractivity contribution in [2.75, 3.05) is 13.1 Å². The third-order valence-corrected chi connectivity index (χ3v) is 3.68. The van der Waals surface area contributed by atoms with Gasteiger partial charge in [0, 0.05) is 25.2 Å². The quantitative estimate of drug-likeness (QED) is 0.842. The normalized spacial score (nSPS) is 19.0. The molecule has 0 amide bonds. The number of hydrogen-bond donors (Lipinski definition) is 0. The van der Waals surface area contributed by atoms with Gasteiger partial charge < -0.3 is 4.74 Å². The van der Waals surface area contributed by atoms with Gasteiger partial charge in [-0.25, -0.2) is 0 Å². The molecule has 0 N–H and O–H groups in total. The van der Waals surface area contributed by atoms with Gasteiger partial charge in [-0.1, -0.05) is 60.7 Å². The average Bonchev–Trinajstić information content (AvgIpc) is 2.66. The first-order chi connectivity index (χ1) is 10.3. The second-order valence-electron chi connectivity index (χ2n) is 5.54. The Morgan fingerprint density at radius 1 is 1.10 bits per heavy atom. The van der Waals surface area contributed by atoms with E-state index in [9.17, 15) is 0 Å². The molecule has 0 bridgehead atoms. The van der Waals surface area contributed by atoms with Crippen LogP contribution in [0.25, 0.3) is 6.08 Å². The van der Waals surface area contributed by atoms with Crippen molar-refractivity contribution in [1.29, 1.82) is 0 Å². The van der Waals surface area contributed by atoms with Gasteiger partial charge in [0.15, 0.2) is 0 Å². The van der Waals surface area contributed by atoms with Crippen LogP contribution in [-0.2, 0) is 6.54 Å². The van der Waals surface area contributed by atoms with Gasteiger partial charge in [-0.2, -0.15) is 0 Å². The third-order valence-electron chi connectivity index (χ3n) is 3.68. The van der Waals surface area contributed by atoms with E-state index in [0.29, 0.717) is 0 Å². The van der Waals surface area contributed by atoms with Crippen LogP contribution in [0.2, 0.25) is 0 Å². The third kappa shape index (κ3) is 3.73. The number of rotatable bonds is 3. The molecular weight excluding hydrogens is 258 g/mol. The van der Waals surface area contributed by atoms with Crippen molar-refractivity contribution in [2.45, 2.75) is 19.6 Å². The molecule has 2 nitrogen and oxygen atoms in total. The number of benzene rings is 2. The fourth-order valence-electron chi connectivity index (χ4n) is 2.71. The van der Waals surface area contributed by atoms with Gasteiger partial charge in [0.1, 0.15) is 11.9 Å². The number of ether oxygens (including phenoxy) is 1. The molecule has 0 saturated heterocycles. The Balaban J connectivity index is 1.67. The summed E-state index contributed by atoms with van der Waals surface area (Å²) in [6.07, 6.45) is 4.64. The summed E-state index contributed by atoms with van der Waals surface area (Å²) >= 11 is 0. The Kier molecular flexibility index (Phi) is 4.37. The highest BCUT2D eigenvalue weighted by atomic mass is 16.5. The van der Waals surface area contributed by atoms with Crippen molar-refractivity contribution in [3.63, 3.8) is 0 Å². The van der Waals surface area contributed by atoms with Crippen molar-refractivity contribution in [2.24, 2.45) is 0 Å². The fourth-order valence-corrected chi connectivity index (χ4v) is 2.71. The monoisotopic (exact) mass is 279 g/mol. The van der Waals surface area contributed by atoms with E-state index in [0.717, 1.165) is 25.4 Å². The number of nitrogens with zero attached hydrogens (tertiary/aromatic N) is 1. The molecule has 1 heterocycles. The summed E-state index contributed by atoms with van der Waals surface area (Å²) in [5.74, 6) is 1.03. The van der Waals surface area contributed by atoms with E-state index in [1.54, 1.807) is 0 Å². The smallest absolute Gasteiger partial charge is 0.124 e. The van der Waals surface area contributed by atoms with Crippen LogP contribution in [0.4, 0.5) is 0 Å². The van der Waals surface area contributed by atoms with Crippen LogP contribution in [0.1, 0.15) is 18.1 Å². The minimum absolute atomic E-state index is 0.221. The molecule has 0 spiro atoms. The Hall–Kier alpha value is -2.06. The molecular formula is C19H21NO. The molecule has 21 heavy (non-hydrogen) atoms. The van der Waals surface area contributed by atoms with E-state index in [-0.39, 0.29) is 6.10 Å². The predicted octanol–water partition coefficient (Wildman–Crippen LogP) is 3.98.